The van der Waals surface area contributed by atoms with Crippen molar-refractivity contribution < 1.29 is 4.74 Å². The number of rotatable bonds is 4. The zero-order valence-electron chi connectivity index (χ0n) is 9.42. The van der Waals surface area contributed by atoms with Crippen LogP contribution in [0.4, 0.5) is 5.69 Å². The number of halogens is 1. The summed E-state index contributed by atoms with van der Waals surface area (Å²) in [4.78, 5) is 0. The molecule has 0 bridgehead atoms. The van der Waals surface area contributed by atoms with Crippen molar-refractivity contribution in [2.75, 3.05) is 12.3 Å². The Hall–Kier alpha value is -0.540. The Morgan fingerprint density at radius 2 is 2.06 bits per heavy atom. The van der Waals surface area contributed by atoms with Gasteiger partial charge >= 0.3 is 0 Å². The van der Waals surface area contributed by atoms with Crippen LogP contribution in [0.1, 0.15) is 31.2 Å². The van der Waals surface area contributed by atoms with E-state index >= 15 is 0 Å². The summed E-state index contributed by atoms with van der Waals surface area (Å²) < 4.78 is 6.79. The fraction of sp³-hybridized carbons (Fsp3) is 0.538. The van der Waals surface area contributed by atoms with E-state index in [-0.39, 0.29) is 0 Å². The van der Waals surface area contributed by atoms with Crippen molar-refractivity contribution in [3.8, 4) is 0 Å². The summed E-state index contributed by atoms with van der Waals surface area (Å²) in [7, 11) is 0. The van der Waals surface area contributed by atoms with Crippen molar-refractivity contribution in [1.82, 2.24) is 0 Å². The largest absolute Gasteiger partial charge is 0.399 e. The van der Waals surface area contributed by atoms with Gasteiger partial charge in [-0.15, -0.1) is 0 Å². The molecule has 2 rings (SSSR count). The molecule has 16 heavy (non-hydrogen) atoms. The third-order valence-corrected chi connectivity index (χ3v) is 3.90. The van der Waals surface area contributed by atoms with Gasteiger partial charge in [-0.1, -0.05) is 34.8 Å². The standard InChI is InChI=1S/C13H18BrNO/c14-13-7-12(15)6-5-11(13)9-16-8-10-3-1-2-4-10/h5-7,10H,1-4,8-9,15H2. The fourth-order valence-corrected chi connectivity index (χ4v) is 2.70. The van der Waals surface area contributed by atoms with E-state index in [9.17, 15) is 0 Å². The second kappa shape index (κ2) is 5.69. The number of nitrogens with two attached hydrogens (primary N) is 1. The highest BCUT2D eigenvalue weighted by Crippen LogP contribution is 2.26. The molecule has 3 heteroatoms. The van der Waals surface area contributed by atoms with Gasteiger partial charge in [-0.25, -0.2) is 0 Å². The molecule has 0 spiro atoms. The predicted octanol–water partition coefficient (Wildman–Crippen LogP) is 3.74. The minimum absolute atomic E-state index is 0.678. The molecule has 0 heterocycles. The number of ether oxygens (including phenoxy) is 1. The van der Waals surface area contributed by atoms with Gasteiger partial charge in [0.05, 0.1) is 6.61 Å². The molecule has 88 valence electrons. The molecule has 0 atom stereocenters. The average Bonchev–Trinajstić information content (AvgIpc) is 2.74. The van der Waals surface area contributed by atoms with Crippen LogP contribution in [-0.2, 0) is 11.3 Å². The second-order valence-corrected chi connectivity index (χ2v) is 5.37. The van der Waals surface area contributed by atoms with E-state index in [2.05, 4.69) is 15.9 Å². The molecule has 0 saturated heterocycles. The summed E-state index contributed by atoms with van der Waals surface area (Å²) in [5.74, 6) is 0.785. The topological polar surface area (TPSA) is 35.2 Å². The Balaban J connectivity index is 1.80. The lowest BCUT2D eigenvalue weighted by molar-refractivity contribution is 0.0885. The molecule has 1 saturated carbocycles. The van der Waals surface area contributed by atoms with Crippen molar-refractivity contribution in [3.05, 3.63) is 28.2 Å². The van der Waals surface area contributed by atoms with Gasteiger partial charge in [0.15, 0.2) is 0 Å². The van der Waals surface area contributed by atoms with Gasteiger partial charge in [-0.05, 0) is 36.5 Å². The molecular weight excluding hydrogens is 266 g/mol. The summed E-state index contributed by atoms with van der Waals surface area (Å²) in [5, 5.41) is 0. The lowest BCUT2D eigenvalue weighted by Crippen LogP contribution is -2.05. The lowest BCUT2D eigenvalue weighted by atomic mass is 10.1. The smallest absolute Gasteiger partial charge is 0.0727 e. The Kier molecular flexibility index (Phi) is 4.24. The molecule has 2 N–H and O–H groups in total. The van der Waals surface area contributed by atoms with Crippen LogP contribution in [0.3, 0.4) is 0 Å². The fourth-order valence-electron chi connectivity index (χ4n) is 2.19. The molecule has 1 aliphatic rings. The average molecular weight is 284 g/mol. The van der Waals surface area contributed by atoms with Crippen molar-refractivity contribution in [2.45, 2.75) is 32.3 Å². The van der Waals surface area contributed by atoms with Crippen LogP contribution < -0.4 is 5.73 Å². The molecule has 0 radical (unpaired) electrons. The monoisotopic (exact) mass is 283 g/mol. The first kappa shape index (κ1) is 11.9. The quantitative estimate of drug-likeness (QED) is 0.855. The summed E-state index contributed by atoms with van der Waals surface area (Å²) in [6.45, 7) is 1.58. The minimum Gasteiger partial charge on any atom is -0.399 e. The summed E-state index contributed by atoms with van der Waals surface area (Å²) in [6, 6.07) is 5.86. The van der Waals surface area contributed by atoms with Crippen LogP contribution in [0.5, 0.6) is 0 Å². The van der Waals surface area contributed by atoms with Crippen LogP contribution >= 0.6 is 15.9 Å². The van der Waals surface area contributed by atoms with Crippen LogP contribution in [-0.4, -0.2) is 6.61 Å². The molecule has 0 aromatic heterocycles. The number of hydrogen-bond donors (Lipinski definition) is 1. The van der Waals surface area contributed by atoms with Gasteiger partial charge in [0.2, 0.25) is 0 Å². The first-order chi connectivity index (χ1) is 7.75. The highest BCUT2D eigenvalue weighted by molar-refractivity contribution is 9.10. The normalized spacial score (nSPS) is 16.8. The summed E-state index contributed by atoms with van der Waals surface area (Å²) in [5.41, 5.74) is 7.64. The number of anilines is 1. The highest BCUT2D eigenvalue weighted by atomic mass is 79.9. The summed E-state index contributed by atoms with van der Waals surface area (Å²) in [6.07, 6.45) is 5.42. The predicted molar refractivity (Wildman–Crippen MR) is 70.2 cm³/mol. The Morgan fingerprint density at radius 1 is 1.31 bits per heavy atom. The molecule has 0 aliphatic heterocycles. The Labute approximate surface area is 105 Å². The zero-order chi connectivity index (χ0) is 11.4. The SMILES string of the molecule is Nc1ccc(COCC2CCCC2)c(Br)c1. The van der Waals surface area contributed by atoms with Crippen molar-refractivity contribution in [2.24, 2.45) is 5.92 Å². The maximum absolute atomic E-state index is 5.75. The van der Waals surface area contributed by atoms with Crippen LogP contribution in [0.25, 0.3) is 0 Å². The van der Waals surface area contributed by atoms with E-state index in [0.29, 0.717) is 6.61 Å². The van der Waals surface area contributed by atoms with E-state index in [4.69, 9.17) is 10.5 Å². The molecule has 0 unspecified atom stereocenters. The van der Waals surface area contributed by atoms with Gasteiger partial charge in [0.25, 0.3) is 0 Å². The van der Waals surface area contributed by atoms with Crippen LogP contribution in [0, 0.1) is 5.92 Å². The van der Waals surface area contributed by atoms with E-state index in [0.717, 1.165) is 22.7 Å². The van der Waals surface area contributed by atoms with Gasteiger partial charge in [-0.2, -0.15) is 0 Å². The van der Waals surface area contributed by atoms with Crippen molar-refractivity contribution >= 4 is 21.6 Å². The molecular formula is C13H18BrNO. The molecule has 1 aliphatic carbocycles. The highest BCUT2D eigenvalue weighted by Gasteiger charge is 2.14. The molecule has 1 aromatic carbocycles. The van der Waals surface area contributed by atoms with Gasteiger partial charge < -0.3 is 10.5 Å². The van der Waals surface area contributed by atoms with E-state index in [1.165, 1.54) is 31.2 Å². The minimum atomic E-state index is 0.678. The van der Waals surface area contributed by atoms with E-state index < -0.39 is 0 Å². The van der Waals surface area contributed by atoms with Crippen LogP contribution in [0.15, 0.2) is 22.7 Å². The van der Waals surface area contributed by atoms with E-state index in [1.807, 2.05) is 18.2 Å². The maximum atomic E-state index is 5.75. The number of nitrogen functional groups attached to an aromatic ring is 1. The Bertz CT molecular complexity index is 348. The number of benzene rings is 1. The van der Waals surface area contributed by atoms with Gasteiger partial charge in [-0.3, -0.25) is 0 Å². The zero-order valence-corrected chi connectivity index (χ0v) is 11.0. The third kappa shape index (κ3) is 3.22. The first-order valence-corrected chi connectivity index (χ1v) is 6.66. The van der Waals surface area contributed by atoms with Gasteiger partial charge in [0.1, 0.15) is 0 Å². The second-order valence-electron chi connectivity index (χ2n) is 4.52. The maximum Gasteiger partial charge on any atom is 0.0727 e. The van der Waals surface area contributed by atoms with Crippen molar-refractivity contribution in [3.63, 3.8) is 0 Å². The molecule has 2 nitrogen and oxygen atoms in total. The summed E-state index contributed by atoms with van der Waals surface area (Å²) >= 11 is 3.50. The van der Waals surface area contributed by atoms with Crippen LogP contribution in [0.2, 0.25) is 0 Å². The van der Waals surface area contributed by atoms with Gasteiger partial charge in [0, 0.05) is 16.8 Å². The molecule has 1 fully saturated rings. The number of hydrogen-bond acceptors (Lipinski definition) is 2. The van der Waals surface area contributed by atoms with E-state index in [1.54, 1.807) is 0 Å². The Morgan fingerprint density at radius 3 is 2.75 bits per heavy atom. The molecule has 0 amide bonds. The lowest BCUT2D eigenvalue weighted by Gasteiger charge is -2.11. The molecule has 1 aromatic rings. The van der Waals surface area contributed by atoms with Crippen molar-refractivity contribution in [1.29, 1.82) is 0 Å². The first-order valence-electron chi connectivity index (χ1n) is 5.87. The third-order valence-electron chi connectivity index (χ3n) is 3.16.